The van der Waals surface area contributed by atoms with Gasteiger partial charge in [0, 0.05) is 25.9 Å². The van der Waals surface area contributed by atoms with Crippen molar-refractivity contribution >= 4 is 22.9 Å². The highest BCUT2D eigenvalue weighted by Crippen LogP contribution is 2.67. The Bertz CT molecular complexity index is 1080. The Balaban J connectivity index is 1.53. The molecule has 2 heterocycles. The summed E-state index contributed by atoms with van der Waals surface area (Å²) in [6, 6.07) is -0.490. The minimum Gasteiger partial charge on any atom is -0.389 e. The Morgan fingerprint density at radius 1 is 1.23 bits per heavy atom. The highest BCUT2D eigenvalue weighted by molar-refractivity contribution is 5.88. The first-order valence-corrected chi connectivity index (χ1v) is 11.0. The summed E-state index contributed by atoms with van der Waals surface area (Å²) >= 11 is 0. The maximum absolute atomic E-state index is 12.4. The van der Waals surface area contributed by atoms with Gasteiger partial charge in [-0.05, 0) is 25.2 Å². The average molecular weight is 425 g/mol. The van der Waals surface area contributed by atoms with Crippen molar-refractivity contribution in [3.63, 3.8) is 0 Å². The van der Waals surface area contributed by atoms with Crippen LogP contribution in [0.25, 0.3) is 11.2 Å². The van der Waals surface area contributed by atoms with Gasteiger partial charge in [0.1, 0.15) is 6.10 Å². The molecule has 2 aromatic heterocycles. The Kier molecular flexibility index (Phi) is 4.87. The highest BCUT2D eigenvalue weighted by atomic mass is 16.3. The molecule has 1 amide bonds. The van der Waals surface area contributed by atoms with Crippen molar-refractivity contribution in [3.05, 3.63) is 12.2 Å². The van der Waals surface area contributed by atoms with Crippen LogP contribution in [-0.2, 0) is 4.79 Å². The summed E-state index contributed by atoms with van der Waals surface area (Å²) in [4.78, 5) is 26.1. The van der Waals surface area contributed by atoms with Crippen LogP contribution in [0.1, 0.15) is 50.4 Å². The quantitative estimate of drug-likeness (QED) is 0.538. The number of aromatic nitrogens is 4. The summed E-state index contributed by atoms with van der Waals surface area (Å²) in [6.07, 6.45) is 5.84. The molecule has 3 aliphatic carbocycles. The van der Waals surface area contributed by atoms with Crippen molar-refractivity contribution < 1.29 is 15.0 Å². The van der Waals surface area contributed by atoms with Crippen LogP contribution in [0.2, 0.25) is 0 Å². The van der Waals surface area contributed by atoms with Gasteiger partial charge in [-0.3, -0.25) is 4.79 Å². The predicted molar refractivity (Wildman–Crippen MR) is 114 cm³/mol. The molecule has 3 aliphatic rings. The number of aliphatic hydroxyl groups excluding tert-OH is 2. The number of carbonyl (C=O) groups excluding carboxylic acids is 1. The fourth-order valence-electron chi connectivity index (χ4n) is 5.57. The van der Waals surface area contributed by atoms with Crippen LogP contribution in [0.4, 0.5) is 5.82 Å². The minimum absolute atomic E-state index is 0.181. The molecule has 9 heteroatoms. The van der Waals surface area contributed by atoms with Crippen molar-refractivity contribution in [2.24, 2.45) is 17.3 Å². The first-order valence-electron chi connectivity index (χ1n) is 11.0. The van der Waals surface area contributed by atoms with Crippen LogP contribution in [0.15, 0.2) is 6.33 Å². The van der Waals surface area contributed by atoms with Gasteiger partial charge in [-0.25, -0.2) is 15.0 Å². The van der Waals surface area contributed by atoms with Crippen LogP contribution >= 0.6 is 0 Å². The summed E-state index contributed by atoms with van der Waals surface area (Å²) in [5, 5.41) is 27.2. The summed E-state index contributed by atoms with van der Waals surface area (Å²) in [6.45, 7) is 0. The van der Waals surface area contributed by atoms with Crippen molar-refractivity contribution in [1.29, 1.82) is 0 Å². The number of hydrogen-bond donors (Lipinski definition) is 4. The number of fused-ring (bicyclic) bond motifs is 2. The molecule has 2 aromatic rings. The number of nitrogens with one attached hydrogen (secondary N) is 2. The van der Waals surface area contributed by atoms with Crippen LogP contribution in [-0.4, -0.2) is 61.9 Å². The number of nitrogens with zero attached hydrogens (tertiary/aromatic N) is 4. The van der Waals surface area contributed by atoms with E-state index in [4.69, 9.17) is 0 Å². The molecule has 5 rings (SSSR count). The van der Waals surface area contributed by atoms with Crippen molar-refractivity contribution in [1.82, 2.24) is 24.8 Å². The molecule has 164 valence electrons. The van der Waals surface area contributed by atoms with E-state index in [0.29, 0.717) is 35.1 Å². The van der Waals surface area contributed by atoms with Gasteiger partial charge in [0.25, 0.3) is 0 Å². The zero-order valence-electron chi connectivity index (χ0n) is 17.8. The second kappa shape index (κ2) is 7.46. The Hall–Kier alpha value is -2.70. The molecular weight excluding hydrogens is 396 g/mol. The number of carbonyl (C=O) groups is 1. The second-order valence-corrected chi connectivity index (χ2v) is 8.93. The fourth-order valence-corrected chi connectivity index (χ4v) is 5.57. The summed E-state index contributed by atoms with van der Waals surface area (Å²) in [5.74, 6) is 7.39. The first-order chi connectivity index (χ1) is 15.0. The van der Waals surface area contributed by atoms with E-state index in [1.165, 1.54) is 19.3 Å². The molecule has 0 bridgehead atoms. The molecule has 0 spiro atoms. The zero-order chi connectivity index (χ0) is 21.8. The van der Waals surface area contributed by atoms with Gasteiger partial charge in [0.05, 0.1) is 23.9 Å². The van der Waals surface area contributed by atoms with E-state index in [1.807, 2.05) is 0 Å². The van der Waals surface area contributed by atoms with Gasteiger partial charge in [-0.15, -0.1) is 0 Å². The van der Waals surface area contributed by atoms with Gasteiger partial charge < -0.3 is 25.4 Å². The van der Waals surface area contributed by atoms with E-state index < -0.39 is 23.7 Å². The molecule has 2 unspecified atom stereocenters. The first kappa shape index (κ1) is 20.2. The molecule has 5 atom stereocenters. The number of amides is 1. The smallest absolute Gasteiger partial charge is 0.229 e. The zero-order valence-corrected chi connectivity index (χ0v) is 17.8. The molecule has 0 aromatic carbocycles. The van der Waals surface area contributed by atoms with E-state index in [2.05, 4.69) is 37.4 Å². The van der Waals surface area contributed by atoms with Gasteiger partial charge in [-0.1, -0.05) is 25.2 Å². The standard InChI is InChI=1S/C22H28N6O3/c1-23-19-15-20(27-14(26-19)9-8-12-6-4-3-5-7-12)28(11-25-15)16-13-10-22(13,21(31)24-2)18(30)17(16)29/h11-13,16-18,29-30H,3-7,10H2,1-2H3,(H,24,31)(H,23,26,27)/t13?,16-,17+,18?,22-/m1/s1. The molecule has 3 saturated carbocycles. The van der Waals surface area contributed by atoms with Gasteiger partial charge in [0.15, 0.2) is 17.0 Å². The molecule has 0 radical (unpaired) electrons. The molecular formula is C22H28N6O3. The molecule has 3 fully saturated rings. The molecule has 9 nitrogen and oxygen atoms in total. The molecule has 0 aliphatic heterocycles. The molecule has 0 saturated heterocycles. The van der Waals surface area contributed by atoms with E-state index in [1.54, 1.807) is 25.0 Å². The van der Waals surface area contributed by atoms with Crippen LogP contribution in [0.3, 0.4) is 0 Å². The lowest BCUT2D eigenvalue weighted by Gasteiger charge is -2.23. The normalized spacial score (nSPS) is 32.3. The third-order valence-corrected chi connectivity index (χ3v) is 7.30. The lowest BCUT2D eigenvalue weighted by molar-refractivity contribution is -0.132. The van der Waals surface area contributed by atoms with Crippen LogP contribution < -0.4 is 10.6 Å². The predicted octanol–water partition coefficient (Wildman–Crippen LogP) is 0.829. The van der Waals surface area contributed by atoms with Crippen molar-refractivity contribution in [2.75, 3.05) is 19.4 Å². The van der Waals surface area contributed by atoms with E-state index in [0.717, 1.165) is 12.8 Å². The molecule has 4 N–H and O–H groups in total. The third kappa shape index (κ3) is 3.00. The van der Waals surface area contributed by atoms with E-state index >= 15 is 0 Å². The number of anilines is 1. The highest BCUT2D eigenvalue weighted by Gasteiger charge is 2.75. The summed E-state index contributed by atoms with van der Waals surface area (Å²) in [5.41, 5.74) is 0.173. The van der Waals surface area contributed by atoms with Crippen LogP contribution in [0.5, 0.6) is 0 Å². The van der Waals surface area contributed by atoms with E-state index in [-0.39, 0.29) is 11.8 Å². The number of rotatable bonds is 3. The lowest BCUT2D eigenvalue weighted by Crippen LogP contribution is -2.41. The van der Waals surface area contributed by atoms with Crippen LogP contribution in [0, 0.1) is 29.1 Å². The summed E-state index contributed by atoms with van der Waals surface area (Å²) in [7, 11) is 3.32. The maximum atomic E-state index is 12.4. The fraction of sp³-hybridized carbons (Fsp3) is 0.636. The maximum Gasteiger partial charge on any atom is 0.229 e. The second-order valence-electron chi connectivity index (χ2n) is 8.93. The summed E-state index contributed by atoms with van der Waals surface area (Å²) < 4.78 is 1.78. The van der Waals surface area contributed by atoms with Gasteiger partial charge in [0.2, 0.25) is 11.7 Å². The van der Waals surface area contributed by atoms with Crippen molar-refractivity contribution in [2.45, 2.75) is 56.8 Å². The number of aliphatic hydroxyl groups is 2. The average Bonchev–Trinajstić information content (AvgIpc) is 3.34. The van der Waals surface area contributed by atoms with Gasteiger partial charge in [-0.2, -0.15) is 0 Å². The third-order valence-electron chi connectivity index (χ3n) is 7.30. The monoisotopic (exact) mass is 424 g/mol. The van der Waals surface area contributed by atoms with E-state index in [9.17, 15) is 15.0 Å². The van der Waals surface area contributed by atoms with Crippen molar-refractivity contribution in [3.8, 4) is 11.8 Å². The molecule has 31 heavy (non-hydrogen) atoms. The topological polar surface area (TPSA) is 125 Å². The van der Waals surface area contributed by atoms with Gasteiger partial charge >= 0.3 is 0 Å². The number of imidazole rings is 1. The Morgan fingerprint density at radius 2 is 2.00 bits per heavy atom. The SMILES string of the molecule is CNC(=O)[C@]12CC1[C@@H](n1cnc3c(NC)nc(C#CC4CCCCC4)nc31)[C@H](O)C2O. The number of hydrogen-bond acceptors (Lipinski definition) is 7. The largest absolute Gasteiger partial charge is 0.389 e. The Labute approximate surface area is 180 Å². The Morgan fingerprint density at radius 3 is 2.71 bits per heavy atom. The lowest BCUT2D eigenvalue weighted by atomic mass is 9.90. The minimum atomic E-state index is -1.13.